The standard InChI is InChI=1S/C32H41ClN4O4/c1-7-36-26(20-35-17-18-37(21(3)19-35)29(38)24-11-9-10-12-25(24)33)27(30(39)41-8-2)28(34-31(36)40)22-13-15-23(16-14-22)32(4,5)6/h9-16,21,28H,7-8,17-20H2,1-6H3,(H,34,40). The lowest BCUT2D eigenvalue weighted by Crippen LogP contribution is -2.56. The highest BCUT2D eigenvalue weighted by atomic mass is 35.5. The molecule has 2 unspecified atom stereocenters. The second-order valence-electron chi connectivity index (χ2n) is 11.6. The Morgan fingerprint density at radius 1 is 1.05 bits per heavy atom. The lowest BCUT2D eigenvalue weighted by Gasteiger charge is -2.43. The number of hydrogen-bond acceptors (Lipinski definition) is 5. The molecule has 0 aromatic heterocycles. The van der Waals surface area contributed by atoms with Crippen LogP contribution in [0.3, 0.4) is 0 Å². The van der Waals surface area contributed by atoms with Crippen LogP contribution in [-0.2, 0) is 14.9 Å². The maximum absolute atomic E-state index is 13.5. The molecule has 2 aromatic carbocycles. The summed E-state index contributed by atoms with van der Waals surface area (Å²) in [6.07, 6.45) is 0. The molecule has 3 amide bonds. The van der Waals surface area contributed by atoms with E-state index in [1.807, 2.05) is 49.1 Å². The minimum absolute atomic E-state index is 0.0234. The zero-order chi connectivity index (χ0) is 29.9. The Kier molecular flexibility index (Phi) is 9.44. The highest BCUT2D eigenvalue weighted by molar-refractivity contribution is 6.33. The lowest BCUT2D eigenvalue weighted by atomic mass is 9.85. The summed E-state index contributed by atoms with van der Waals surface area (Å²) in [5.74, 6) is -0.536. The van der Waals surface area contributed by atoms with Gasteiger partial charge in [0.25, 0.3) is 5.91 Å². The normalized spacial score (nSPS) is 20.2. The number of carbonyl (C=O) groups is 3. The van der Waals surface area contributed by atoms with Crippen LogP contribution < -0.4 is 5.32 Å². The van der Waals surface area contributed by atoms with E-state index < -0.39 is 12.0 Å². The number of ether oxygens (including phenoxy) is 1. The molecule has 0 saturated carbocycles. The van der Waals surface area contributed by atoms with Gasteiger partial charge in [0.05, 0.1) is 28.8 Å². The van der Waals surface area contributed by atoms with Gasteiger partial charge in [-0.15, -0.1) is 0 Å². The van der Waals surface area contributed by atoms with Gasteiger partial charge < -0.3 is 15.0 Å². The molecule has 4 rings (SSSR count). The van der Waals surface area contributed by atoms with Crippen molar-refractivity contribution in [1.82, 2.24) is 20.0 Å². The number of esters is 1. The molecule has 220 valence electrons. The summed E-state index contributed by atoms with van der Waals surface area (Å²) in [6.45, 7) is 14.8. The van der Waals surface area contributed by atoms with E-state index in [0.717, 1.165) is 5.56 Å². The Hall–Kier alpha value is -3.36. The van der Waals surface area contributed by atoms with Gasteiger partial charge in [0, 0.05) is 44.5 Å². The van der Waals surface area contributed by atoms with E-state index in [0.29, 0.717) is 54.6 Å². The lowest BCUT2D eigenvalue weighted by molar-refractivity contribution is -0.139. The Morgan fingerprint density at radius 3 is 2.32 bits per heavy atom. The van der Waals surface area contributed by atoms with Gasteiger partial charge in [-0.2, -0.15) is 0 Å². The van der Waals surface area contributed by atoms with Gasteiger partial charge in [0.15, 0.2) is 0 Å². The van der Waals surface area contributed by atoms with Crippen LogP contribution in [0.2, 0.25) is 5.02 Å². The molecule has 2 aliphatic heterocycles. The molecule has 8 nitrogen and oxygen atoms in total. The number of piperazine rings is 1. The van der Waals surface area contributed by atoms with Gasteiger partial charge in [-0.3, -0.25) is 14.6 Å². The van der Waals surface area contributed by atoms with Crippen LogP contribution in [0.4, 0.5) is 4.79 Å². The number of nitrogens with one attached hydrogen (secondary N) is 1. The number of halogens is 1. The van der Waals surface area contributed by atoms with Gasteiger partial charge in [-0.05, 0) is 49.4 Å². The summed E-state index contributed by atoms with van der Waals surface area (Å²) >= 11 is 6.30. The quantitative estimate of drug-likeness (QED) is 0.444. The largest absolute Gasteiger partial charge is 0.463 e. The smallest absolute Gasteiger partial charge is 0.338 e. The van der Waals surface area contributed by atoms with Crippen molar-refractivity contribution < 1.29 is 19.1 Å². The van der Waals surface area contributed by atoms with Crippen LogP contribution in [-0.4, -0.2) is 78.0 Å². The van der Waals surface area contributed by atoms with E-state index in [4.69, 9.17) is 16.3 Å². The first-order chi connectivity index (χ1) is 19.5. The summed E-state index contributed by atoms with van der Waals surface area (Å²) in [5, 5.41) is 3.48. The van der Waals surface area contributed by atoms with Crippen molar-refractivity contribution in [3.05, 3.63) is 81.5 Å². The predicted octanol–water partition coefficient (Wildman–Crippen LogP) is 5.39. The second-order valence-corrected chi connectivity index (χ2v) is 12.0. The van der Waals surface area contributed by atoms with Crippen LogP contribution in [0.5, 0.6) is 0 Å². The number of carbonyl (C=O) groups excluding carboxylic acids is 3. The van der Waals surface area contributed by atoms with Crippen molar-refractivity contribution in [2.24, 2.45) is 0 Å². The van der Waals surface area contributed by atoms with Crippen molar-refractivity contribution in [3.63, 3.8) is 0 Å². The predicted molar refractivity (Wildman–Crippen MR) is 161 cm³/mol. The molecule has 0 aliphatic carbocycles. The maximum Gasteiger partial charge on any atom is 0.338 e. The number of urea groups is 1. The molecule has 9 heteroatoms. The molecule has 0 spiro atoms. The molecule has 41 heavy (non-hydrogen) atoms. The van der Waals surface area contributed by atoms with E-state index in [1.54, 1.807) is 30.0 Å². The van der Waals surface area contributed by atoms with Crippen LogP contribution in [0.1, 0.15) is 69.1 Å². The molecule has 1 N–H and O–H groups in total. The Labute approximate surface area is 248 Å². The average molecular weight is 581 g/mol. The third kappa shape index (κ3) is 6.60. The first-order valence-electron chi connectivity index (χ1n) is 14.3. The van der Waals surface area contributed by atoms with Crippen molar-refractivity contribution in [2.45, 2.75) is 59.0 Å². The molecule has 2 heterocycles. The fourth-order valence-corrected chi connectivity index (χ4v) is 5.78. The van der Waals surface area contributed by atoms with Crippen molar-refractivity contribution in [2.75, 3.05) is 39.3 Å². The molecular formula is C32H41ClN4O4. The summed E-state index contributed by atoms with van der Waals surface area (Å²) in [7, 11) is 0. The summed E-state index contributed by atoms with van der Waals surface area (Å²) in [6, 6.07) is 14.2. The third-order valence-corrected chi connectivity index (χ3v) is 8.14. The zero-order valence-electron chi connectivity index (χ0n) is 24.9. The van der Waals surface area contributed by atoms with Crippen LogP contribution in [0.15, 0.2) is 59.8 Å². The minimum Gasteiger partial charge on any atom is -0.463 e. The summed E-state index contributed by atoms with van der Waals surface area (Å²) in [5.41, 5.74) is 3.54. The monoisotopic (exact) mass is 580 g/mol. The van der Waals surface area contributed by atoms with Crippen molar-refractivity contribution in [1.29, 1.82) is 0 Å². The fourth-order valence-electron chi connectivity index (χ4n) is 5.56. The highest BCUT2D eigenvalue weighted by Gasteiger charge is 2.39. The van der Waals surface area contributed by atoms with Gasteiger partial charge >= 0.3 is 12.0 Å². The van der Waals surface area contributed by atoms with Crippen molar-refractivity contribution >= 4 is 29.5 Å². The topological polar surface area (TPSA) is 82.2 Å². The summed E-state index contributed by atoms with van der Waals surface area (Å²) in [4.78, 5) is 45.7. The Bertz CT molecular complexity index is 1320. The minimum atomic E-state index is -0.631. The van der Waals surface area contributed by atoms with Crippen molar-refractivity contribution in [3.8, 4) is 0 Å². The van der Waals surface area contributed by atoms with E-state index >= 15 is 0 Å². The van der Waals surface area contributed by atoms with Gasteiger partial charge in [-0.25, -0.2) is 9.59 Å². The maximum atomic E-state index is 13.5. The number of likely N-dealkylation sites (N-methyl/N-ethyl adjacent to an activating group) is 1. The first kappa shape index (κ1) is 30.6. The van der Waals surface area contributed by atoms with E-state index in [2.05, 4.69) is 31.0 Å². The average Bonchev–Trinajstić information content (AvgIpc) is 2.92. The van der Waals surface area contributed by atoms with Gasteiger partial charge in [0.1, 0.15) is 0 Å². The summed E-state index contributed by atoms with van der Waals surface area (Å²) < 4.78 is 5.53. The Balaban J connectivity index is 1.65. The number of benzene rings is 2. The molecule has 0 bridgehead atoms. The molecule has 2 aromatic rings. The van der Waals surface area contributed by atoms with E-state index in [-0.39, 0.29) is 30.0 Å². The number of hydrogen-bond donors (Lipinski definition) is 1. The molecule has 2 aliphatic rings. The van der Waals surface area contributed by atoms with Crippen LogP contribution in [0, 0.1) is 0 Å². The zero-order valence-corrected chi connectivity index (χ0v) is 25.6. The number of rotatable bonds is 7. The molecule has 1 fully saturated rings. The third-order valence-electron chi connectivity index (χ3n) is 7.81. The van der Waals surface area contributed by atoms with Gasteiger partial charge in [0.2, 0.25) is 0 Å². The molecular weight excluding hydrogens is 540 g/mol. The second kappa shape index (κ2) is 12.7. The Morgan fingerprint density at radius 2 is 1.73 bits per heavy atom. The number of amides is 3. The first-order valence-corrected chi connectivity index (χ1v) is 14.7. The molecule has 1 saturated heterocycles. The van der Waals surface area contributed by atoms with E-state index in [9.17, 15) is 14.4 Å². The molecule has 0 radical (unpaired) electrons. The fraction of sp³-hybridized carbons (Fsp3) is 0.469. The SMILES string of the molecule is CCOC(=O)C1=C(CN2CCN(C(=O)c3ccccc3Cl)C(C)C2)N(CC)C(=O)NC1c1ccc(C(C)(C)C)cc1. The van der Waals surface area contributed by atoms with Gasteiger partial charge in [-0.1, -0.05) is 68.8 Å². The van der Waals surface area contributed by atoms with Crippen LogP contribution >= 0.6 is 11.6 Å². The van der Waals surface area contributed by atoms with E-state index in [1.165, 1.54) is 5.56 Å². The molecule has 2 atom stereocenters. The highest BCUT2D eigenvalue weighted by Crippen LogP contribution is 2.34. The van der Waals surface area contributed by atoms with Crippen LogP contribution in [0.25, 0.3) is 0 Å². The number of nitrogens with zero attached hydrogens (tertiary/aromatic N) is 3.